The third kappa shape index (κ3) is 3.10. The van der Waals surface area contributed by atoms with Crippen molar-refractivity contribution in [1.29, 1.82) is 0 Å². The number of ether oxygens (including phenoxy) is 1. The van der Waals surface area contributed by atoms with Gasteiger partial charge in [-0.05, 0) is 24.1 Å². The van der Waals surface area contributed by atoms with E-state index in [1.165, 1.54) is 0 Å². The normalized spacial score (nSPS) is 16.9. The standard InChI is InChI=1S/C15H16N2O4/c1-3-4-11(9-5-7-10(21-2)8-6-9)12-13(18)16-15(20)17-14(12)19/h3,5-8,11-12H,1,4H2,2H3,(H2,16,17,18,19,20). The van der Waals surface area contributed by atoms with Crippen LogP contribution < -0.4 is 15.4 Å². The van der Waals surface area contributed by atoms with Crippen molar-refractivity contribution in [2.24, 2.45) is 5.92 Å². The second-order valence-corrected chi connectivity index (χ2v) is 4.69. The van der Waals surface area contributed by atoms with E-state index in [1.54, 1.807) is 37.5 Å². The summed E-state index contributed by atoms with van der Waals surface area (Å²) in [5.74, 6) is -1.85. The summed E-state index contributed by atoms with van der Waals surface area (Å²) in [5.41, 5.74) is 0.806. The molecule has 0 bridgehead atoms. The van der Waals surface area contributed by atoms with Crippen LogP contribution in [0.4, 0.5) is 4.79 Å². The van der Waals surface area contributed by atoms with E-state index in [0.717, 1.165) is 5.56 Å². The first-order valence-electron chi connectivity index (χ1n) is 6.47. The van der Waals surface area contributed by atoms with E-state index >= 15 is 0 Å². The maximum atomic E-state index is 12.0. The smallest absolute Gasteiger partial charge is 0.328 e. The van der Waals surface area contributed by atoms with Gasteiger partial charge in [-0.1, -0.05) is 18.2 Å². The minimum atomic E-state index is -0.964. The van der Waals surface area contributed by atoms with Gasteiger partial charge in [0.05, 0.1) is 7.11 Å². The third-order valence-corrected chi connectivity index (χ3v) is 3.41. The molecule has 2 rings (SSSR count). The molecule has 6 nitrogen and oxygen atoms in total. The largest absolute Gasteiger partial charge is 0.497 e. The summed E-state index contributed by atoms with van der Waals surface area (Å²) in [4.78, 5) is 35.1. The van der Waals surface area contributed by atoms with Crippen LogP contribution >= 0.6 is 0 Å². The number of carbonyl (C=O) groups excluding carboxylic acids is 3. The van der Waals surface area contributed by atoms with Gasteiger partial charge in [-0.25, -0.2) is 4.79 Å². The van der Waals surface area contributed by atoms with Crippen LogP contribution in [0, 0.1) is 5.92 Å². The molecule has 0 saturated carbocycles. The van der Waals surface area contributed by atoms with Gasteiger partial charge >= 0.3 is 6.03 Å². The van der Waals surface area contributed by atoms with E-state index in [-0.39, 0.29) is 5.92 Å². The lowest BCUT2D eigenvalue weighted by atomic mass is 9.81. The van der Waals surface area contributed by atoms with Gasteiger partial charge in [0.25, 0.3) is 0 Å². The first-order valence-corrected chi connectivity index (χ1v) is 6.47. The fourth-order valence-electron chi connectivity index (χ4n) is 2.39. The number of amides is 4. The molecule has 1 atom stereocenters. The Morgan fingerprint density at radius 1 is 1.19 bits per heavy atom. The molecule has 21 heavy (non-hydrogen) atoms. The highest BCUT2D eigenvalue weighted by Gasteiger charge is 2.40. The van der Waals surface area contributed by atoms with Crippen molar-refractivity contribution >= 4 is 17.8 Å². The highest BCUT2D eigenvalue weighted by molar-refractivity contribution is 6.16. The second-order valence-electron chi connectivity index (χ2n) is 4.69. The summed E-state index contributed by atoms with van der Waals surface area (Å²) in [5, 5.41) is 4.24. The number of urea groups is 1. The Bertz CT molecular complexity index is 560. The number of hydrogen-bond acceptors (Lipinski definition) is 4. The first-order chi connectivity index (χ1) is 10.1. The van der Waals surface area contributed by atoms with Crippen molar-refractivity contribution < 1.29 is 19.1 Å². The van der Waals surface area contributed by atoms with Crippen LogP contribution in [0.15, 0.2) is 36.9 Å². The molecular formula is C15H16N2O4. The van der Waals surface area contributed by atoms with Gasteiger partial charge in [0.2, 0.25) is 11.8 Å². The summed E-state index contributed by atoms with van der Waals surface area (Å²) < 4.78 is 5.09. The van der Waals surface area contributed by atoms with Crippen LogP contribution in [-0.4, -0.2) is 25.0 Å². The molecule has 1 aliphatic rings. The van der Waals surface area contributed by atoms with Crippen LogP contribution in [0.3, 0.4) is 0 Å². The van der Waals surface area contributed by atoms with Crippen molar-refractivity contribution in [3.05, 3.63) is 42.5 Å². The molecule has 1 fully saturated rings. The molecule has 1 aromatic rings. The van der Waals surface area contributed by atoms with Gasteiger partial charge in [0.1, 0.15) is 11.7 Å². The van der Waals surface area contributed by atoms with Crippen molar-refractivity contribution in [2.45, 2.75) is 12.3 Å². The molecule has 110 valence electrons. The number of allylic oxidation sites excluding steroid dienone is 1. The highest BCUT2D eigenvalue weighted by atomic mass is 16.5. The molecule has 2 N–H and O–H groups in total. The molecule has 4 amide bonds. The average molecular weight is 288 g/mol. The number of rotatable bonds is 5. The Labute approximate surface area is 122 Å². The Kier molecular flexibility index (Phi) is 4.37. The molecule has 1 aromatic carbocycles. The van der Waals surface area contributed by atoms with Crippen LogP contribution in [-0.2, 0) is 9.59 Å². The first kappa shape index (κ1) is 14.8. The lowest BCUT2D eigenvalue weighted by Gasteiger charge is -2.27. The van der Waals surface area contributed by atoms with E-state index in [0.29, 0.717) is 12.2 Å². The van der Waals surface area contributed by atoms with E-state index in [2.05, 4.69) is 17.2 Å². The molecule has 1 aliphatic heterocycles. The highest BCUT2D eigenvalue weighted by Crippen LogP contribution is 2.31. The minimum absolute atomic E-state index is 0.387. The summed E-state index contributed by atoms with van der Waals surface area (Å²) in [6, 6.07) is 6.33. The lowest BCUT2D eigenvalue weighted by Crippen LogP contribution is -2.57. The van der Waals surface area contributed by atoms with Gasteiger partial charge in [-0.3, -0.25) is 20.2 Å². The molecule has 0 aromatic heterocycles. The van der Waals surface area contributed by atoms with Gasteiger partial charge in [0.15, 0.2) is 0 Å². The molecule has 0 radical (unpaired) electrons. The third-order valence-electron chi connectivity index (χ3n) is 3.41. The quantitative estimate of drug-likeness (QED) is 0.632. The zero-order valence-electron chi connectivity index (χ0n) is 11.6. The van der Waals surface area contributed by atoms with Crippen LogP contribution in [0.25, 0.3) is 0 Å². The van der Waals surface area contributed by atoms with Gasteiger partial charge in [0, 0.05) is 5.92 Å². The predicted octanol–water partition coefficient (Wildman–Crippen LogP) is 1.34. The zero-order valence-corrected chi connectivity index (χ0v) is 11.6. The Hall–Kier alpha value is -2.63. The Morgan fingerprint density at radius 2 is 1.76 bits per heavy atom. The molecule has 0 aliphatic carbocycles. The number of benzene rings is 1. The fraction of sp³-hybridized carbons (Fsp3) is 0.267. The monoisotopic (exact) mass is 288 g/mol. The van der Waals surface area contributed by atoms with Crippen LogP contribution in [0.1, 0.15) is 17.9 Å². The molecule has 6 heteroatoms. The van der Waals surface area contributed by atoms with Crippen molar-refractivity contribution in [2.75, 3.05) is 7.11 Å². The molecule has 0 spiro atoms. The van der Waals surface area contributed by atoms with Gasteiger partial charge in [-0.2, -0.15) is 0 Å². The predicted molar refractivity (Wildman–Crippen MR) is 75.7 cm³/mol. The van der Waals surface area contributed by atoms with Gasteiger partial charge in [-0.15, -0.1) is 6.58 Å². The van der Waals surface area contributed by atoms with Crippen molar-refractivity contribution in [1.82, 2.24) is 10.6 Å². The molecule has 1 saturated heterocycles. The van der Waals surface area contributed by atoms with Gasteiger partial charge < -0.3 is 4.74 Å². The van der Waals surface area contributed by atoms with E-state index in [4.69, 9.17) is 4.74 Å². The van der Waals surface area contributed by atoms with Crippen LogP contribution in [0.2, 0.25) is 0 Å². The van der Waals surface area contributed by atoms with E-state index < -0.39 is 23.8 Å². The summed E-state index contributed by atoms with van der Waals surface area (Å²) in [7, 11) is 1.56. The number of hydrogen-bond donors (Lipinski definition) is 2. The average Bonchev–Trinajstić information content (AvgIpc) is 2.45. The molecular weight excluding hydrogens is 272 g/mol. The summed E-state index contributed by atoms with van der Waals surface area (Å²) in [6.07, 6.45) is 2.08. The Balaban J connectivity index is 2.32. The lowest BCUT2D eigenvalue weighted by molar-refractivity contribution is -0.136. The number of methoxy groups -OCH3 is 1. The minimum Gasteiger partial charge on any atom is -0.497 e. The van der Waals surface area contributed by atoms with Crippen molar-refractivity contribution in [3.8, 4) is 5.75 Å². The van der Waals surface area contributed by atoms with Crippen molar-refractivity contribution in [3.63, 3.8) is 0 Å². The number of barbiturate groups is 1. The summed E-state index contributed by atoms with van der Waals surface area (Å²) >= 11 is 0. The summed E-state index contributed by atoms with van der Waals surface area (Å²) in [6.45, 7) is 3.66. The second kappa shape index (κ2) is 6.21. The number of imide groups is 2. The topological polar surface area (TPSA) is 84.5 Å². The Morgan fingerprint density at radius 3 is 2.24 bits per heavy atom. The SMILES string of the molecule is C=CCC(c1ccc(OC)cc1)C1C(=O)NC(=O)NC1=O. The zero-order chi connectivity index (χ0) is 15.4. The number of carbonyl (C=O) groups is 3. The van der Waals surface area contributed by atoms with E-state index in [1.807, 2.05) is 0 Å². The number of nitrogens with one attached hydrogen (secondary N) is 2. The molecule has 1 heterocycles. The van der Waals surface area contributed by atoms with E-state index in [9.17, 15) is 14.4 Å². The maximum absolute atomic E-state index is 12.0. The fourth-order valence-corrected chi connectivity index (χ4v) is 2.39. The van der Waals surface area contributed by atoms with Crippen LogP contribution in [0.5, 0.6) is 5.75 Å². The maximum Gasteiger partial charge on any atom is 0.328 e. The molecule has 1 unspecified atom stereocenters.